The van der Waals surface area contributed by atoms with Gasteiger partial charge >= 0.3 is 0 Å². The zero-order valence-electron chi connectivity index (χ0n) is 17.0. The molecule has 4 N–H and O–H groups in total. The molecule has 1 aliphatic rings. The smallest absolute Gasteiger partial charge is 0.252 e. The van der Waals surface area contributed by atoms with Crippen LogP contribution in [0.15, 0.2) is 36.4 Å². The molecule has 3 rings (SSSR count). The summed E-state index contributed by atoms with van der Waals surface area (Å²) >= 11 is 0. The summed E-state index contributed by atoms with van der Waals surface area (Å²) in [5.74, 6) is -0.582. The van der Waals surface area contributed by atoms with Crippen LogP contribution in [0.3, 0.4) is 0 Å². The van der Waals surface area contributed by atoms with E-state index in [4.69, 9.17) is 10.5 Å². The maximum Gasteiger partial charge on any atom is 0.252 e. The third-order valence-electron chi connectivity index (χ3n) is 5.90. The highest BCUT2D eigenvalue weighted by Gasteiger charge is 2.37. The van der Waals surface area contributed by atoms with Crippen molar-refractivity contribution < 1.29 is 19.7 Å². The highest BCUT2D eigenvalue weighted by molar-refractivity contribution is 5.95. The quantitative estimate of drug-likeness (QED) is 0.729. The molecule has 1 unspecified atom stereocenters. The van der Waals surface area contributed by atoms with Crippen molar-refractivity contribution in [2.75, 3.05) is 6.61 Å². The Kier molecular flexibility index (Phi) is 5.15. The molecule has 0 spiro atoms. The van der Waals surface area contributed by atoms with Crippen LogP contribution in [0, 0.1) is 0 Å². The van der Waals surface area contributed by atoms with E-state index in [1.54, 1.807) is 6.07 Å². The Morgan fingerprint density at radius 3 is 2.32 bits per heavy atom. The lowest BCUT2D eigenvalue weighted by atomic mass is 9.63. The van der Waals surface area contributed by atoms with E-state index in [2.05, 4.69) is 39.8 Å². The lowest BCUT2D eigenvalue weighted by Crippen LogP contribution is -2.34. The predicted molar refractivity (Wildman–Crippen MR) is 109 cm³/mol. The monoisotopic (exact) mass is 383 g/mol. The van der Waals surface area contributed by atoms with Gasteiger partial charge in [-0.25, -0.2) is 0 Å². The van der Waals surface area contributed by atoms with Crippen LogP contribution in [0.2, 0.25) is 0 Å². The van der Waals surface area contributed by atoms with Crippen LogP contribution in [0.5, 0.6) is 11.5 Å². The minimum Gasteiger partial charge on any atom is -0.507 e. The van der Waals surface area contributed by atoms with Gasteiger partial charge in [-0.1, -0.05) is 45.9 Å². The molecule has 5 nitrogen and oxygen atoms in total. The molecule has 150 valence electrons. The fourth-order valence-corrected chi connectivity index (χ4v) is 3.89. The number of nitrogens with two attached hydrogens (primary N) is 1. The molecule has 1 atom stereocenters. The summed E-state index contributed by atoms with van der Waals surface area (Å²) in [7, 11) is 0. The zero-order chi connectivity index (χ0) is 20.7. The molecule has 0 radical (unpaired) electrons. The zero-order valence-corrected chi connectivity index (χ0v) is 17.0. The van der Waals surface area contributed by atoms with Gasteiger partial charge in [-0.05, 0) is 52.5 Å². The van der Waals surface area contributed by atoms with E-state index in [0.29, 0.717) is 5.75 Å². The van der Waals surface area contributed by atoms with Gasteiger partial charge in [0.1, 0.15) is 24.2 Å². The molecule has 2 aromatic rings. The van der Waals surface area contributed by atoms with Gasteiger partial charge in [0.05, 0.1) is 5.56 Å². The van der Waals surface area contributed by atoms with Crippen molar-refractivity contribution >= 4 is 5.91 Å². The third kappa shape index (κ3) is 3.85. The van der Waals surface area contributed by atoms with Crippen molar-refractivity contribution in [1.29, 1.82) is 0 Å². The third-order valence-corrected chi connectivity index (χ3v) is 5.90. The summed E-state index contributed by atoms with van der Waals surface area (Å²) in [5.41, 5.74) is 8.84. The molecule has 0 saturated carbocycles. The van der Waals surface area contributed by atoms with Crippen LogP contribution < -0.4 is 10.5 Å². The summed E-state index contributed by atoms with van der Waals surface area (Å²) in [6, 6.07) is 10.5. The first-order chi connectivity index (χ1) is 13.0. The number of benzene rings is 2. The first-order valence-electron chi connectivity index (χ1n) is 9.60. The first-order valence-corrected chi connectivity index (χ1v) is 9.60. The topological polar surface area (TPSA) is 92.8 Å². The van der Waals surface area contributed by atoms with Gasteiger partial charge in [-0.15, -0.1) is 0 Å². The van der Waals surface area contributed by atoms with E-state index in [1.165, 1.54) is 23.3 Å². The molecule has 0 aromatic heterocycles. The second-order valence-electron chi connectivity index (χ2n) is 8.94. The predicted octanol–water partition coefficient (Wildman–Crippen LogP) is 3.95. The van der Waals surface area contributed by atoms with Gasteiger partial charge in [-0.3, -0.25) is 4.79 Å². The number of aromatic hydroxyl groups is 1. The van der Waals surface area contributed by atoms with Crippen LogP contribution in [-0.4, -0.2) is 22.7 Å². The molecule has 0 bridgehead atoms. The first kappa shape index (κ1) is 20.2. The molecule has 0 saturated heterocycles. The summed E-state index contributed by atoms with van der Waals surface area (Å²) in [5, 5.41) is 20.5. The number of ether oxygens (including phenoxy) is 1. The van der Waals surface area contributed by atoms with E-state index in [1.807, 2.05) is 6.07 Å². The molecule has 1 amide bonds. The van der Waals surface area contributed by atoms with Crippen molar-refractivity contribution in [3.63, 3.8) is 0 Å². The number of carbonyl (C=O) groups excluding carboxylic acids is 1. The number of hydrogen-bond acceptors (Lipinski definition) is 4. The van der Waals surface area contributed by atoms with Crippen LogP contribution in [0.4, 0.5) is 0 Å². The molecule has 28 heavy (non-hydrogen) atoms. The van der Waals surface area contributed by atoms with Gasteiger partial charge in [0.25, 0.3) is 5.91 Å². The normalized spacial score (nSPS) is 18.2. The van der Waals surface area contributed by atoms with Crippen LogP contribution >= 0.6 is 0 Å². The number of aliphatic hydroxyl groups excluding tert-OH is 1. The van der Waals surface area contributed by atoms with E-state index in [9.17, 15) is 15.0 Å². The average Bonchev–Trinajstić information content (AvgIpc) is 2.63. The highest BCUT2D eigenvalue weighted by Crippen LogP contribution is 2.46. The molecular weight excluding hydrogens is 354 g/mol. The fraction of sp³-hybridized carbons (Fsp3) is 0.435. The molecule has 0 fully saturated rings. The lowest BCUT2D eigenvalue weighted by Gasteiger charge is -2.42. The van der Waals surface area contributed by atoms with Gasteiger partial charge in [-0.2, -0.15) is 0 Å². The molecule has 0 heterocycles. The number of fused-ring (bicyclic) bond motifs is 1. The number of rotatable bonds is 5. The van der Waals surface area contributed by atoms with Gasteiger partial charge < -0.3 is 20.7 Å². The minimum atomic E-state index is -0.802. The maximum atomic E-state index is 11.2. The summed E-state index contributed by atoms with van der Waals surface area (Å²) in [6.45, 7) is 9.07. The number of hydrogen-bond donors (Lipinski definition) is 3. The minimum absolute atomic E-state index is 0.0347. The molecule has 2 aromatic carbocycles. The Balaban J connectivity index is 1.78. The Morgan fingerprint density at radius 1 is 1.07 bits per heavy atom. The van der Waals surface area contributed by atoms with Crippen LogP contribution in [-0.2, 0) is 10.8 Å². The summed E-state index contributed by atoms with van der Waals surface area (Å²) in [6.07, 6.45) is 1.45. The van der Waals surface area contributed by atoms with Gasteiger partial charge in [0.2, 0.25) is 0 Å². The maximum absolute atomic E-state index is 11.2. The number of phenols is 1. The molecule has 5 heteroatoms. The average molecular weight is 383 g/mol. The van der Waals surface area contributed by atoms with Crippen molar-refractivity contribution in [2.24, 2.45) is 5.73 Å². The summed E-state index contributed by atoms with van der Waals surface area (Å²) < 4.78 is 5.61. The number of aliphatic hydroxyl groups is 1. The van der Waals surface area contributed by atoms with E-state index >= 15 is 0 Å². The Labute approximate surface area is 166 Å². The Hall–Kier alpha value is -2.53. The van der Waals surface area contributed by atoms with Gasteiger partial charge in [0, 0.05) is 6.07 Å². The van der Waals surface area contributed by atoms with Gasteiger partial charge in [0.15, 0.2) is 0 Å². The second-order valence-corrected chi connectivity index (χ2v) is 8.94. The Morgan fingerprint density at radius 2 is 1.71 bits per heavy atom. The van der Waals surface area contributed by atoms with Crippen molar-refractivity contribution in [2.45, 2.75) is 57.5 Å². The molecular formula is C23H29NO4. The van der Waals surface area contributed by atoms with Crippen molar-refractivity contribution in [3.05, 3.63) is 58.7 Å². The number of primary amides is 1. The number of carbonyl (C=O) groups is 1. The van der Waals surface area contributed by atoms with E-state index in [-0.39, 0.29) is 28.7 Å². The van der Waals surface area contributed by atoms with E-state index in [0.717, 1.165) is 18.4 Å². The fourth-order valence-electron chi connectivity index (χ4n) is 3.89. The van der Waals surface area contributed by atoms with Crippen LogP contribution in [0.1, 0.15) is 73.7 Å². The van der Waals surface area contributed by atoms with Crippen molar-refractivity contribution in [1.82, 2.24) is 0 Å². The second kappa shape index (κ2) is 7.13. The summed E-state index contributed by atoms with van der Waals surface area (Å²) in [4.78, 5) is 11.2. The Bertz CT molecular complexity index is 901. The van der Waals surface area contributed by atoms with Crippen LogP contribution in [0.25, 0.3) is 0 Å². The highest BCUT2D eigenvalue weighted by atomic mass is 16.5. The SMILES string of the molecule is CC1(C)CCC(C)(C)c2cc(C(O)COc3ccc(C(N)=O)c(O)c3)ccc21. The lowest BCUT2D eigenvalue weighted by molar-refractivity contribution is 0.0996. The van der Waals surface area contributed by atoms with Crippen molar-refractivity contribution in [3.8, 4) is 11.5 Å². The largest absolute Gasteiger partial charge is 0.507 e. The molecule has 1 aliphatic carbocycles. The molecule has 0 aliphatic heterocycles. The number of amides is 1. The van der Waals surface area contributed by atoms with E-state index < -0.39 is 12.0 Å². The standard InChI is InChI=1S/C23H29NO4/c1-22(2)9-10-23(3,4)18-11-14(5-8-17(18)22)20(26)13-28-15-6-7-16(21(24)27)19(25)12-15/h5-8,11-12,20,25-26H,9-10,13H2,1-4H3,(H2,24,27).